The summed E-state index contributed by atoms with van der Waals surface area (Å²) in [6.45, 7) is 10.5. The zero-order valence-electron chi connectivity index (χ0n) is 22.4. The van der Waals surface area contributed by atoms with Crippen molar-refractivity contribution in [2.24, 2.45) is 0 Å². The fraction of sp³-hybridized carbons (Fsp3) is 0.759. The molecule has 7 rings (SSSR count). The quantitative estimate of drug-likeness (QED) is 0.599. The minimum atomic E-state index is -0.405. The van der Waals surface area contributed by atoms with Gasteiger partial charge in [-0.05, 0) is 83.3 Å². The van der Waals surface area contributed by atoms with Gasteiger partial charge in [-0.15, -0.1) is 0 Å². The third kappa shape index (κ3) is 3.42. The maximum absolute atomic E-state index is 14.2. The van der Waals surface area contributed by atoms with Gasteiger partial charge in [0.15, 0.2) is 0 Å². The molecule has 194 valence electrons. The molecule has 4 aliphatic heterocycles. The molecule has 2 bridgehead atoms. The molecule has 5 fully saturated rings. The molecule has 4 heterocycles. The van der Waals surface area contributed by atoms with Crippen LogP contribution in [0.2, 0.25) is 0 Å². The van der Waals surface area contributed by atoms with Gasteiger partial charge in [-0.1, -0.05) is 31.4 Å². The van der Waals surface area contributed by atoms with E-state index in [2.05, 4.69) is 55.7 Å². The van der Waals surface area contributed by atoms with E-state index in [0.29, 0.717) is 24.2 Å². The molecule has 2 atom stereocenters. The number of amides is 1. The highest BCUT2D eigenvalue weighted by atomic mass is 16.7. The summed E-state index contributed by atoms with van der Waals surface area (Å²) >= 11 is 0. The van der Waals surface area contributed by atoms with Crippen LogP contribution in [0.5, 0.6) is 0 Å². The van der Waals surface area contributed by atoms with Crippen molar-refractivity contribution in [2.75, 3.05) is 18.0 Å². The lowest BCUT2D eigenvalue weighted by atomic mass is 9.69. The monoisotopic (exact) mass is 492 g/mol. The van der Waals surface area contributed by atoms with E-state index in [1.807, 2.05) is 0 Å². The summed E-state index contributed by atoms with van der Waals surface area (Å²) in [5, 5.41) is 0. The fourth-order valence-electron chi connectivity index (χ4n) is 7.75. The van der Waals surface area contributed by atoms with Gasteiger partial charge in [-0.2, -0.15) is 0 Å². The highest BCUT2D eigenvalue weighted by molar-refractivity contribution is 6.62. The number of rotatable bonds is 3. The van der Waals surface area contributed by atoms with Gasteiger partial charge in [0.25, 0.3) is 0 Å². The van der Waals surface area contributed by atoms with Gasteiger partial charge >= 0.3 is 7.12 Å². The van der Waals surface area contributed by atoms with E-state index in [1.165, 1.54) is 24.8 Å². The molecular weight excluding hydrogens is 451 g/mol. The predicted molar refractivity (Wildman–Crippen MR) is 141 cm³/mol. The second-order valence-corrected chi connectivity index (χ2v) is 13.4. The maximum atomic E-state index is 14.2. The molecule has 6 aliphatic rings. The standard InChI is InChI=1S/C29H41BN2O4/c1-27(2)28(3,4)36-30(35-27)19-8-11-24-25(14-19)32(26(33)29(24)12-6-5-7-13-29)21-15-20(16-21)31-17-22-9-10-23(18-31)34-22/h8,11,14,20-23H,5-7,9-10,12-13,15-18H2,1-4H3. The van der Waals surface area contributed by atoms with Gasteiger partial charge < -0.3 is 18.9 Å². The molecule has 1 aromatic rings. The summed E-state index contributed by atoms with van der Waals surface area (Å²) in [6, 6.07) is 7.47. The van der Waals surface area contributed by atoms with Crippen molar-refractivity contribution in [3.05, 3.63) is 23.8 Å². The van der Waals surface area contributed by atoms with Crippen LogP contribution in [0.1, 0.15) is 91.0 Å². The molecule has 2 saturated carbocycles. The van der Waals surface area contributed by atoms with Gasteiger partial charge in [-0.25, -0.2) is 0 Å². The number of likely N-dealkylation sites (tertiary alicyclic amines) is 1. The number of benzene rings is 1. The molecule has 0 aromatic heterocycles. The largest absolute Gasteiger partial charge is 0.494 e. The molecule has 7 heteroatoms. The Bertz CT molecular complexity index is 1030. The van der Waals surface area contributed by atoms with Crippen molar-refractivity contribution in [1.82, 2.24) is 4.90 Å². The Balaban J connectivity index is 1.17. The summed E-state index contributed by atoms with van der Waals surface area (Å²) in [5.74, 6) is 0.355. The molecule has 1 spiro atoms. The van der Waals surface area contributed by atoms with Crippen LogP contribution in [-0.4, -0.2) is 66.5 Å². The fourth-order valence-corrected chi connectivity index (χ4v) is 7.75. The normalized spacial score (nSPS) is 36.4. The lowest BCUT2D eigenvalue weighted by Crippen LogP contribution is -2.59. The third-order valence-electron chi connectivity index (χ3n) is 10.7. The van der Waals surface area contributed by atoms with E-state index >= 15 is 0 Å². The van der Waals surface area contributed by atoms with Gasteiger partial charge in [0.2, 0.25) is 5.91 Å². The Labute approximate surface area is 216 Å². The van der Waals surface area contributed by atoms with Crippen molar-refractivity contribution in [3.63, 3.8) is 0 Å². The number of carbonyl (C=O) groups excluding carboxylic acids is 1. The highest BCUT2D eigenvalue weighted by Gasteiger charge is 2.56. The summed E-state index contributed by atoms with van der Waals surface area (Å²) in [4.78, 5) is 19.1. The van der Waals surface area contributed by atoms with E-state index in [0.717, 1.165) is 62.8 Å². The van der Waals surface area contributed by atoms with Gasteiger partial charge in [0, 0.05) is 30.9 Å². The molecule has 1 amide bonds. The van der Waals surface area contributed by atoms with Gasteiger partial charge in [-0.3, -0.25) is 9.69 Å². The van der Waals surface area contributed by atoms with E-state index in [-0.39, 0.29) is 22.7 Å². The summed E-state index contributed by atoms with van der Waals surface area (Å²) < 4.78 is 18.8. The Morgan fingerprint density at radius 3 is 2.17 bits per heavy atom. The topological polar surface area (TPSA) is 51.2 Å². The number of hydrogen-bond acceptors (Lipinski definition) is 5. The van der Waals surface area contributed by atoms with Gasteiger partial charge in [0.05, 0.1) is 28.8 Å². The number of carbonyl (C=O) groups is 1. The van der Waals surface area contributed by atoms with Crippen molar-refractivity contribution < 1.29 is 18.8 Å². The number of fused-ring (bicyclic) bond motifs is 4. The van der Waals surface area contributed by atoms with Crippen molar-refractivity contribution in [1.29, 1.82) is 0 Å². The molecule has 0 N–H and O–H groups in total. The van der Waals surface area contributed by atoms with Crippen molar-refractivity contribution in [2.45, 2.75) is 126 Å². The summed E-state index contributed by atoms with van der Waals surface area (Å²) in [7, 11) is -0.405. The van der Waals surface area contributed by atoms with Crippen LogP contribution in [0.3, 0.4) is 0 Å². The first-order chi connectivity index (χ1) is 17.2. The Morgan fingerprint density at radius 2 is 1.53 bits per heavy atom. The number of ether oxygens (including phenoxy) is 1. The average molecular weight is 492 g/mol. The molecule has 36 heavy (non-hydrogen) atoms. The molecule has 0 radical (unpaired) electrons. The molecular formula is C29H41BN2O4. The van der Waals surface area contributed by atoms with Crippen LogP contribution >= 0.6 is 0 Å². The number of morpholine rings is 1. The number of nitrogens with zero attached hydrogens (tertiary/aromatic N) is 2. The Kier molecular flexibility index (Phi) is 5.30. The minimum Gasteiger partial charge on any atom is -0.399 e. The number of hydrogen-bond donors (Lipinski definition) is 0. The van der Waals surface area contributed by atoms with Crippen molar-refractivity contribution in [3.8, 4) is 0 Å². The first kappa shape index (κ1) is 23.7. The van der Waals surface area contributed by atoms with Gasteiger partial charge in [0.1, 0.15) is 0 Å². The van der Waals surface area contributed by atoms with Crippen LogP contribution in [0.15, 0.2) is 18.2 Å². The second-order valence-electron chi connectivity index (χ2n) is 13.4. The molecule has 1 aromatic carbocycles. The molecule has 6 nitrogen and oxygen atoms in total. The zero-order chi connectivity index (χ0) is 24.9. The van der Waals surface area contributed by atoms with E-state index < -0.39 is 7.12 Å². The Hall–Kier alpha value is -1.41. The first-order valence-electron chi connectivity index (χ1n) is 14.4. The number of anilines is 1. The third-order valence-corrected chi connectivity index (χ3v) is 10.7. The molecule has 2 unspecified atom stereocenters. The zero-order valence-corrected chi connectivity index (χ0v) is 22.4. The van der Waals surface area contributed by atoms with Crippen LogP contribution in [0.25, 0.3) is 0 Å². The van der Waals surface area contributed by atoms with E-state index in [9.17, 15) is 4.79 Å². The van der Waals surface area contributed by atoms with Crippen LogP contribution in [0, 0.1) is 0 Å². The van der Waals surface area contributed by atoms with Crippen molar-refractivity contribution >= 4 is 24.2 Å². The van der Waals surface area contributed by atoms with E-state index in [4.69, 9.17) is 14.0 Å². The SMILES string of the molecule is CC1(C)OB(c2ccc3c(c2)N(C2CC(N4CC5CCC(C4)O5)C2)C(=O)C32CCCCC2)OC1(C)C. The lowest BCUT2D eigenvalue weighted by molar-refractivity contribution is -0.125. The highest BCUT2D eigenvalue weighted by Crippen LogP contribution is 2.52. The van der Waals surface area contributed by atoms with Crippen LogP contribution in [-0.2, 0) is 24.3 Å². The molecule has 2 aliphatic carbocycles. The van der Waals surface area contributed by atoms with E-state index in [1.54, 1.807) is 0 Å². The maximum Gasteiger partial charge on any atom is 0.494 e. The van der Waals surface area contributed by atoms with Crippen LogP contribution < -0.4 is 10.4 Å². The van der Waals surface area contributed by atoms with Crippen LogP contribution in [0.4, 0.5) is 5.69 Å². The Morgan fingerprint density at radius 1 is 0.889 bits per heavy atom. The minimum absolute atomic E-state index is 0.289. The lowest BCUT2D eigenvalue weighted by Gasteiger charge is -2.49. The summed E-state index contributed by atoms with van der Waals surface area (Å²) in [5.41, 5.74) is 2.31. The second kappa shape index (κ2) is 8.05. The smallest absolute Gasteiger partial charge is 0.399 e. The average Bonchev–Trinajstić information content (AvgIpc) is 3.35. The molecule has 3 saturated heterocycles. The predicted octanol–water partition coefficient (Wildman–Crippen LogP) is 3.93. The summed E-state index contributed by atoms with van der Waals surface area (Å²) in [6.07, 6.45) is 10.9. The first-order valence-corrected chi connectivity index (χ1v) is 14.4.